The van der Waals surface area contributed by atoms with E-state index in [0.29, 0.717) is 10.0 Å². The first kappa shape index (κ1) is 21.8. The van der Waals surface area contributed by atoms with Crippen LogP contribution in [-0.4, -0.2) is 41.9 Å². The number of rotatable bonds is 4. The molecule has 2 amide bonds. The molecular formula is C23H22Cl2N2O4. The third-order valence-electron chi connectivity index (χ3n) is 6.33. The highest BCUT2D eigenvalue weighted by Gasteiger charge is 2.66. The number of imide groups is 1. The molecule has 0 aliphatic carbocycles. The van der Waals surface area contributed by atoms with E-state index >= 15 is 0 Å². The lowest BCUT2D eigenvalue weighted by Crippen LogP contribution is -2.53. The molecule has 3 unspecified atom stereocenters. The van der Waals surface area contributed by atoms with Gasteiger partial charge < -0.3 is 4.74 Å². The molecule has 1 N–H and O–H groups in total. The minimum Gasteiger partial charge on any atom is -0.468 e. The van der Waals surface area contributed by atoms with Crippen molar-refractivity contribution in [1.82, 2.24) is 10.2 Å². The quantitative estimate of drug-likeness (QED) is 0.553. The van der Waals surface area contributed by atoms with Gasteiger partial charge in [0.2, 0.25) is 11.8 Å². The molecule has 2 aliphatic heterocycles. The van der Waals surface area contributed by atoms with Gasteiger partial charge in [0.05, 0.1) is 29.0 Å². The predicted molar refractivity (Wildman–Crippen MR) is 118 cm³/mol. The Morgan fingerprint density at radius 1 is 1.06 bits per heavy atom. The van der Waals surface area contributed by atoms with Gasteiger partial charge in [-0.2, -0.15) is 0 Å². The molecule has 2 saturated heterocycles. The van der Waals surface area contributed by atoms with Crippen molar-refractivity contribution in [1.29, 1.82) is 0 Å². The fraction of sp³-hybridized carbons (Fsp3) is 0.348. The van der Waals surface area contributed by atoms with Crippen LogP contribution in [0.25, 0.3) is 11.1 Å². The number of amides is 2. The van der Waals surface area contributed by atoms with E-state index in [4.69, 9.17) is 27.9 Å². The molecule has 162 valence electrons. The molecule has 2 heterocycles. The summed E-state index contributed by atoms with van der Waals surface area (Å²) in [5.41, 5.74) is 1.35. The lowest BCUT2D eigenvalue weighted by atomic mass is 9.80. The second kappa shape index (κ2) is 7.93. The molecule has 0 bridgehead atoms. The summed E-state index contributed by atoms with van der Waals surface area (Å²) >= 11 is 12.1. The van der Waals surface area contributed by atoms with Crippen LogP contribution in [0.4, 0.5) is 0 Å². The van der Waals surface area contributed by atoms with Gasteiger partial charge in [-0.1, -0.05) is 53.5 Å². The van der Waals surface area contributed by atoms with Crippen LogP contribution in [0, 0.1) is 11.8 Å². The Labute approximate surface area is 190 Å². The summed E-state index contributed by atoms with van der Waals surface area (Å²) in [4.78, 5) is 39.9. The highest BCUT2D eigenvalue weighted by atomic mass is 35.5. The number of ether oxygens (including phenoxy) is 1. The van der Waals surface area contributed by atoms with Crippen LogP contribution in [0.2, 0.25) is 10.0 Å². The molecule has 6 nitrogen and oxygen atoms in total. The van der Waals surface area contributed by atoms with E-state index in [-0.39, 0.29) is 18.4 Å². The van der Waals surface area contributed by atoms with Crippen LogP contribution in [-0.2, 0) is 19.1 Å². The van der Waals surface area contributed by atoms with Crippen LogP contribution in [0.15, 0.2) is 42.5 Å². The fourth-order valence-electron chi connectivity index (χ4n) is 4.76. The lowest BCUT2D eigenvalue weighted by Gasteiger charge is -2.28. The van der Waals surface area contributed by atoms with Crippen molar-refractivity contribution < 1.29 is 19.1 Å². The van der Waals surface area contributed by atoms with Crippen molar-refractivity contribution in [2.24, 2.45) is 11.8 Å². The van der Waals surface area contributed by atoms with E-state index < -0.39 is 29.4 Å². The number of hydrogen-bond donors (Lipinski definition) is 1. The zero-order valence-electron chi connectivity index (χ0n) is 17.3. The zero-order chi connectivity index (χ0) is 22.5. The molecule has 2 aromatic carbocycles. The summed E-state index contributed by atoms with van der Waals surface area (Å²) in [7, 11) is 1.28. The average molecular weight is 461 g/mol. The molecule has 0 radical (unpaired) electrons. The number of benzene rings is 2. The molecule has 31 heavy (non-hydrogen) atoms. The molecule has 0 spiro atoms. The molecule has 0 saturated carbocycles. The van der Waals surface area contributed by atoms with Gasteiger partial charge in [0.1, 0.15) is 5.54 Å². The predicted octanol–water partition coefficient (Wildman–Crippen LogP) is 3.86. The summed E-state index contributed by atoms with van der Waals surface area (Å²) < 4.78 is 4.97. The van der Waals surface area contributed by atoms with Crippen LogP contribution in [0.5, 0.6) is 0 Å². The monoisotopic (exact) mass is 460 g/mol. The number of methoxy groups -OCH3 is 1. The van der Waals surface area contributed by atoms with Crippen molar-refractivity contribution in [2.75, 3.05) is 13.7 Å². The Balaban J connectivity index is 1.71. The van der Waals surface area contributed by atoms with Gasteiger partial charge in [-0.15, -0.1) is 0 Å². The van der Waals surface area contributed by atoms with Gasteiger partial charge in [0.15, 0.2) is 0 Å². The van der Waals surface area contributed by atoms with Crippen molar-refractivity contribution >= 4 is 41.0 Å². The molecule has 2 fully saturated rings. The first-order chi connectivity index (χ1) is 14.7. The first-order valence-corrected chi connectivity index (χ1v) is 10.7. The fourth-order valence-corrected chi connectivity index (χ4v) is 5.05. The summed E-state index contributed by atoms with van der Waals surface area (Å²) in [6, 6.07) is 12.5. The molecule has 2 aromatic rings. The molecule has 4 rings (SSSR count). The van der Waals surface area contributed by atoms with E-state index in [1.807, 2.05) is 30.3 Å². The van der Waals surface area contributed by atoms with Crippen LogP contribution in [0.3, 0.4) is 0 Å². The number of likely N-dealkylation sites (tertiary alicyclic amines) is 1. The standard InChI is InChI=1S/C23H22Cl2N2O4/c1-4-27-20(28)17-18(21(27)29)23(2,22(30)31-3)26-19(17)13-7-5-12(6-8-13)14-9-10-15(24)16(25)11-14/h5-11,17-19,26H,4H2,1-3H3/t17?,18?,19?,23-/m1/s1. The Hall–Kier alpha value is -2.41. The SMILES string of the molecule is CCN1C(=O)C2C(c3ccc(-c4ccc(Cl)c(Cl)c4)cc3)N[C@@](C)(C(=O)OC)C2C1=O. The Bertz CT molecular complexity index is 1070. The van der Waals surface area contributed by atoms with Crippen molar-refractivity contribution in [3.05, 3.63) is 58.1 Å². The van der Waals surface area contributed by atoms with E-state index in [1.54, 1.807) is 26.0 Å². The average Bonchev–Trinajstić information content (AvgIpc) is 3.23. The Kier molecular flexibility index (Phi) is 5.58. The Morgan fingerprint density at radius 3 is 2.29 bits per heavy atom. The van der Waals surface area contributed by atoms with Gasteiger partial charge in [-0.3, -0.25) is 24.6 Å². The van der Waals surface area contributed by atoms with Crippen molar-refractivity contribution in [3.63, 3.8) is 0 Å². The number of fused-ring (bicyclic) bond motifs is 1. The van der Waals surface area contributed by atoms with E-state index in [0.717, 1.165) is 16.7 Å². The largest absolute Gasteiger partial charge is 0.468 e. The lowest BCUT2D eigenvalue weighted by molar-refractivity contribution is -0.153. The van der Waals surface area contributed by atoms with E-state index in [1.165, 1.54) is 12.0 Å². The topological polar surface area (TPSA) is 75.7 Å². The van der Waals surface area contributed by atoms with E-state index in [9.17, 15) is 14.4 Å². The van der Waals surface area contributed by atoms with Gasteiger partial charge in [0.25, 0.3) is 0 Å². The van der Waals surface area contributed by atoms with Crippen LogP contribution in [0.1, 0.15) is 25.5 Å². The summed E-state index contributed by atoms with van der Waals surface area (Å²) in [6.45, 7) is 3.65. The first-order valence-electron chi connectivity index (χ1n) is 9.99. The van der Waals surface area contributed by atoms with Gasteiger partial charge >= 0.3 is 5.97 Å². The highest BCUT2D eigenvalue weighted by Crippen LogP contribution is 2.49. The maximum atomic E-state index is 13.1. The number of carbonyl (C=O) groups excluding carboxylic acids is 3. The second-order valence-electron chi connectivity index (χ2n) is 7.99. The number of nitrogens with zero attached hydrogens (tertiary/aromatic N) is 1. The maximum Gasteiger partial charge on any atom is 0.326 e. The van der Waals surface area contributed by atoms with E-state index in [2.05, 4.69) is 5.32 Å². The summed E-state index contributed by atoms with van der Waals surface area (Å²) in [6.07, 6.45) is 0. The van der Waals surface area contributed by atoms with Crippen LogP contribution < -0.4 is 5.32 Å². The van der Waals surface area contributed by atoms with Crippen molar-refractivity contribution in [3.8, 4) is 11.1 Å². The summed E-state index contributed by atoms with van der Waals surface area (Å²) in [5.74, 6) is -2.65. The number of esters is 1. The molecule has 2 aliphatic rings. The van der Waals surface area contributed by atoms with Gasteiger partial charge in [-0.25, -0.2) is 0 Å². The number of nitrogens with one attached hydrogen (secondary N) is 1. The molecule has 4 atom stereocenters. The summed E-state index contributed by atoms with van der Waals surface area (Å²) in [5, 5.41) is 4.18. The van der Waals surface area contributed by atoms with Gasteiger partial charge in [-0.05, 0) is 42.7 Å². The molecule has 8 heteroatoms. The minimum atomic E-state index is -1.29. The van der Waals surface area contributed by atoms with Crippen molar-refractivity contribution in [2.45, 2.75) is 25.4 Å². The smallest absolute Gasteiger partial charge is 0.326 e. The number of hydrogen-bond acceptors (Lipinski definition) is 5. The molecular weight excluding hydrogens is 439 g/mol. The second-order valence-corrected chi connectivity index (χ2v) is 8.81. The third kappa shape index (κ3) is 3.34. The van der Waals surface area contributed by atoms with Gasteiger partial charge in [0, 0.05) is 12.6 Å². The Morgan fingerprint density at radius 2 is 1.71 bits per heavy atom. The van der Waals surface area contributed by atoms with Crippen LogP contribution >= 0.6 is 23.2 Å². The third-order valence-corrected chi connectivity index (χ3v) is 7.07. The highest BCUT2D eigenvalue weighted by molar-refractivity contribution is 6.42. The normalized spacial score (nSPS) is 27.5. The zero-order valence-corrected chi connectivity index (χ0v) is 18.8. The molecule has 0 aromatic heterocycles. The number of carbonyl (C=O) groups is 3. The maximum absolute atomic E-state index is 13.1. The minimum absolute atomic E-state index is 0.267. The number of halogens is 2.